The second-order valence-corrected chi connectivity index (χ2v) is 3.37. The van der Waals surface area contributed by atoms with E-state index in [4.69, 9.17) is 4.74 Å². The molecule has 1 aromatic carbocycles. The molecule has 0 unspecified atom stereocenters. The van der Waals surface area contributed by atoms with Crippen molar-refractivity contribution in [2.24, 2.45) is 0 Å². The van der Waals surface area contributed by atoms with E-state index in [2.05, 4.69) is 12.6 Å². The fourth-order valence-corrected chi connectivity index (χ4v) is 1.74. The summed E-state index contributed by atoms with van der Waals surface area (Å²) < 4.78 is 5.04. The molecule has 0 saturated heterocycles. The highest BCUT2D eigenvalue weighted by molar-refractivity contribution is 7.99. The molecule has 0 saturated carbocycles. The van der Waals surface area contributed by atoms with E-state index in [0.29, 0.717) is 0 Å². The number of rotatable bonds is 2. The first-order chi connectivity index (χ1) is 5.27. The highest BCUT2D eigenvalue weighted by Gasteiger charge is 1.97. The Morgan fingerprint density at radius 3 is 2.64 bits per heavy atom. The van der Waals surface area contributed by atoms with Crippen LogP contribution in [0.5, 0.6) is 5.75 Å². The molecule has 0 radical (unpaired) electrons. The Balaban J connectivity index is 2.99. The molecule has 0 N–H and O–H groups in total. The van der Waals surface area contributed by atoms with Gasteiger partial charge in [0.05, 0.1) is 7.11 Å². The van der Waals surface area contributed by atoms with Gasteiger partial charge in [-0.25, -0.2) is 0 Å². The normalized spacial score (nSPS) is 9.73. The third-order valence-electron chi connectivity index (χ3n) is 1.39. The van der Waals surface area contributed by atoms with Gasteiger partial charge in [0.2, 0.25) is 0 Å². The second kappa shape index (κ2) is 3.93. The maximum absolute atomic E-state index is 5.04. The molecule has 0 aliphatic carbocycles. The molecule has 0 atom stereocenters. The smallest absolute Gasteiger partial charge is 0.120 e. The Morgan fingerprint density at radius 1 is 1.45 bits per heavy atom. The lowest BCUT2D eigenvalue weighted by atomic mass is 10.3. The Hall–Kier alpha value is -0.280. The molecule has 0 aromatic heterocycles. The number of ether oxygens (including phenoxy) is 1. The summed E-state index contributed by atoms with van der Waals surface area (Å²) in [5, 5.41) is 0. The van der Waals surface area contributed by atoms with E-state index in [0.717, 1.165) is 10.6 Å². The van der Waals surface area contributed by atoms with E-state index in [-0.39, 0.29) is 0 Å². The summed E-state index contributed by atoms with van der Waals surface area (Å²) in [5.41, 5.74) is 0. The fraction of sp³-hybridized carbons (Fsp3) is 0.250. The summed E-state index contributed by atoms with van der Waals surface area (Å²) >= 11 is 5.98. The molecule has 3 heteroatoms. The third kappa shape index (κ3) is 2.07. The summed E-state index contributed by atoms with van der Waals surface area (Å²) in [6.45, 7) is 0. The van der Waals surface area contributed by atoms with Crippen LogP contribution in [0.15, 0.2) is 28.0 Å². The summed E-state index contributed by atoms with van der Waals surface area (Å²) in [5.74, 6) is 0.854. The van der Waals surface area contributed by atoms with E-state index in [1.54, 1.807) is 18.9 Å². The lowest BCUT2D eigenvalue weighted by Gasteiger charge is -2.03. The minimum atomic E-state index is 0.854. The number of hydrogen-bond acceptors (Lipinski definition) is 3. The molecule has 0 aliphatic heterocycles. The molecule has 0 bridgehead atoms. The van der Waals surface area contributed by atoms with E-state index in [9.17, 15) is 0 Å². The summed E-state index contributed by atoms with van der Waals surface area (Å²) in [7, 11) is 1.65. The number of thiol groups is 1. The number of hydrogen-bond donors (Lipinski definition) is 1. The Morgan fingerprint density at radius 2 is 2.18 bits per heavy atom. The Kier molecular flexibility index (Phi) is 3.15. The average Bonchev–Trinajstić information content (AvgIpc) is 2.04. The number of thioether (sulfide) groups is 1. The van der Waals surface area contributed by atoms with Crippen molar-refractivity contribution in [1.29, 1.82) is 0 Å². The fourth-order valence-electron chi connectivity index (χ4n) is 0.797. The molecule has 11 heavy (non-hydrogen) atoms. The van der Waals surface area contributed by atoms with Crippen LogP contribution in [0, 0.1) is 0 Å². The van der Waals surface area contributed by atoms with Crippen LogP contribution >= 0.6 is 24.4 Å². The van der Waals surface area contributed by atoms with E-state index >= 15 is 0 Å². The van der Waals surface area contributed by atoms with Gasteiger partial charge in [-0.1, -0.05) is 0 Å². The zero-order valence-electron chi connectivity index (χ0n) is 6.50. The van der Waals surface area contributed by atoms with Crippen LogP contribution in [0.4, 0.5) is 0 Å². The first-order valence-electron chi connectivity index (χ1n) is 3.19. The monoisotopic (exact) mass is 186 g/mol. The van der Waals surface area contributed by atoms with Gasteiger partial charge in [-0.2, -0.15) is 0 Å². The quantitative estimate of drug-likeness (QED) is 0.562. The molecule has 0 amide bonds. The van der Waals surface area contributed by atoms with Gasteiger partial charge in [-0.05, 0) is 24.5 Å². The first-order valence-corrected chi connectivity index (χ1v) is 4.86. The maximum atomic E-state index is 5.04. The molecule has 1 aromatic rings. The van der Waals surface area contributed by atoms with Crippen LogP contribution in [0.2, 0.25) is 0 Å². The van der Waals surface area contributed by atoms with Crippen LogP contribution in [0.1, 0.15) is 0 Å². The van der Waals surface area contributed by atoms with Gasteiger partial charge in [0.25, 0.3) is 0 Å². The van der Waals surface area contributed by atoms with Crippen molar-refractivity contribution in [3.8, 4) is 5.75 Å². The Bertz CT molecular complexity index is 248. The first kappa shape index (κ1) is 8.81. The van der Waals surface area contributed by atoms with Crippen LogP contribution in [0.25, 0.3) is 0 Å². The zero-order valence-corrected chi connectivity index (χ0v) is 8.21. The van der Waals surface area contributed by atoms with Crippen molar-refractivity contribution in [3.63, 3.8) is 0 Å². The van der Waals surface area contributed by atoms with Gasteiger partial charge >= 0.3 is 0 Å². The molecule has 0 heterocycles. The highest BCUT2D eigenvalue weighted by Crippen LogP contribution is 2.27. The summed E-state index contributed by atoms with van der Waals surface area (Å²) in [6, 6.07) is 5.85. The third-order valence-corrected chi connectivity index (χ3v) is 2.70. The Labute approximate surface area is 76.6 Å². The minimum Gasteiger partial charge on any atom is -0.497 e. The van der Waals surface area contributed by atoms with Gasteiger partial charge in [-0.15, -0.1) is 24.4 Å². The van der Waals surface area contributed by atoms with Gasteiger partial charge < -0.3 is 4.74 Å². The molecule has 1 nitrogen and oxygen atoms in total. The van der Waals surface area contributed by atoms with Gasteiger partial charge in [0, 0.05) is 9.79 Å². The summed E-state index contributed by atoms with van der Waals surface area (Å²) in [4.78, 5) is 2.14. The molecular formula is C8H10OS2. The topological polar surface area (TPSA) is 9.23 Å². The van der Waals surface area contributed by atoms with E-state index in [1.807, 2.05) is 24.5 Å². The van der Waals surface area contributed by atoms with Crippen molar-refractivity contribution in [2.75, 3.05) is 13.4 Å². The SMILES string of the molecule is COc1ccc(SC)c(S)c1. The molecule has 0 spiro atoms. The standard InChI is InChI=1S/C8H10OS2/c1-9-6-3-4-8(11-2)7(10)5-6/h3-5,10H,1-2H3. The highest BCUT2D eigenvalue weighted by atomic mass is 32.2. The minimum absolute atomic E-state index is 0.854. The molecular weight excluding hydrogens is 176 g/mol. The van der Waals surface area contributed by atoms with Gasteiger partial charge in [0.1, 0.15) is 5.75 Å². The van der Waals surface area contributed by atoms with Crippen molar-refractivity contribution < 1.29 is 4.74 Å². The second-order valence-electron chi connectivity index (χ2n) is 2.04. The van der Waals surface area contributed by atoms with Crippen LogP contribution in [0.3, 0.4) is 0 Å². The average molecular weight is 186 g/mol. The lowest BCUT2D eigenvalue weighted by molar-refractivity contribution is 0.413. The van der Waals surface area contributed by atoms with Crippen LogP contribution in [-0.4, -0.2) is 13.4 Å². The van der Waals surface area contributed by atoms with E-state index in [1.165, 1.54) is 4.90 Å². The van der Waals surface area contributed by atoms with Crippen molar-refractivity contribution in [3.05, 3.63) is 18.2 Å². The molecule has 0 aliphatic rings. The van der Waals surface area contributed by atoms with Gasteiger partial charge in [-0.3, -0.25) is 0 Å². The van der Waals surface area contributed by atoms with Crippen molar-refractivity contribution >= 4 is 24.4 Å². The largest absolute Gasteiger partial charge is 0.497 e. The number of methoxy groups -OCH3 is 1. The number of benzene rings is 1. The van der Waals surface area contributed by atoms with E-state index < -0.39 is 0 Å². The molecule has 1 rings (SSSR count). The zero-order chi connectivity index (χ0) is 8.27. The molecule has 60 valence electrons. The predicted octanol–water partition coefficient (Wildman–Crippen LogP) is 2.71. The lowest BCUT2D eigenvalue weighted by Crippen LogP contribution is -1.82. The van der Waals surface area contributed by atoms with Crippen molar-refractivity contribution in [1.82, 2.24) is 0 Å². The maximum Gasteiger partial charge on any atom is 0.120 e. The molecule has 0 fully saturated rings. The van der Waals surface area contributed by atoms with Crippen LogP contribution in [-0.2, 0) is 0 Å². The van der Waals surface area contributed by atoms with Crippen LogP contribution < -0.4 is 4.74 Å². The predicted molar refractivity (Wildman–Crippen MR) is 52.0 cm³/mol. The van der Waals surface area contributed by atoms with Gasteiger partial charge in [0.15, 0.2) is 0 Å². The summed E-state index contributed by atoms with van der Waals surface area (Å²) in [6.07, 6.45) is 2.03. The van der Waals surface area contributed by atoms with Crippen molar-refractivity contribution in [2.45, 2.75) is 9.79 Å².